The highest BCUT2D eigenvalue weighted by Gasteiger charge is 2.36. The number of rotatable bonds is 4. The number of piperidine rings is 1. The zero-order chi connectivity index (χ0) is 18.9. The summed E-state index contributed by atoms with van der Waals surface area (Å²) in [6.07, 6.45) is 2.46. The van der Waals surface area contributed by atoms with Crippen LogP contribution in [0, 0.1) is 13.8 Å². The highest BCUT2D eigenvalue weighted by atomic mass is 35.5. The van der Waals surface area contributed by atoms with Crippen molar-refractivity contribution in [3.05, 3.63) is 28.3 Å². The molecule has 6 nitrogen and oxygen atoms in total. The molecular formula is C18H26ClN3O3S. The van der Waals surface area contributed by atoms with Gasteiger partial charge in [0.25, 0.3) is 0 Å². The predicted molar refractivity (Wildman–Crippen MR) is 104 cm³/mol. The van der Waals surface area contributed by atoms with Crippen molar-refractivity contribution < 1.29 is 13.2 Å². The number of nitrogens with zero attached hydrogens (tertiary/aromatic N) is 2. The third-order valence-electron chi connectivity index (χ3n) is 5.09. The average molecular weight is 400 g/mol. The molecule has 2 heterocycles. The Labute approximate surface area is 160 Å². The van der Waals surface area contributed by atoms with Crippen LogP contribution in [0.25, 0.3) is 0 Å². The van der Waals surface area contributed by atoms with Gasteiger partial charge in [-0.3, -0.25) is 9.69 Å². The highest BCUT2D eigenvalue weighted by molar-refractivity contribution is 7.89. The quantitative estimate of drug-likeness (QED) is 0.843. The predicted octanol–water partition coefficient (Wildman–Crippen LogP) is 2.40. The molecule has 2 saturated heterocycles. The molecule has 2 aliphatic heterocycles. The minimum absolute atomic E-state index is 0.0197. The normalized spacial score (nSPS) is 23.9. The lowest BCUT2D eigenvalue weighted by molar-refractivity contribution is -0.117. The Bertz CT molecular complexity index is 774. The summed E-state index contributed by atoms with van der Waals surface area (Å²) < 4.78 is 25.9. The molecule has 144 valence electrons. The van der Waals surface area contributed by atoms with Gasteiger partial charge in [-0.1, -0.05) is 17.7 Å². The minimum atomic E-state index is -3.11. The van der Waals surface area contributed by atoms with E-state index in [2.05, 4.69) is 5.32 Å². The molecule has 0 saturated carbocycles. The van der Waals surface area contributed by atoms with Gasteiger partial charge in [-0.2, -0.15) is 4.31 Å². The van der Waals surface area contributed by atoms with E-state index in [0.29, 0.717) is 30.2 Å². The van der Waals surface area contributed by atoms with Crippen LogP contribution < -0.4 is 5.32 Å². The van der Waals surface area contributed by atoms with E-state index in [0.717, 1.165) is 30.5 Å². The Morgan fingerprint density at radius 3 is 2.69 bits per heavy atom. The van der Waals surface area contributed by atoms with Crippen LogP contribution in [0.2, 0.25) is 5.02 Å². The highest BCUT2D eigenvalue weighted by Crippen LogP contribution is 2.28. The number of nitrogens with one attached hydrogen (secondary N) is 1. The third kappa shape index (κ3) is 4.39. The van der Waals surface area contributed by atoms with Crippen molar-refractivity contribution in [2.45, 2.75) is 39.2 Å². The van der Waals surface area contributed by atoms with E-state index in [4.69, 9.17) is 11.6 Å². The molecule has 1 atom stereocenters. The molecule has 0 radical (unpaired) electrons. The van der Waals surface area contributed by atoms with Gasteiger partial charge in [0.2, 0.25) is 15.9 Å². The van der Waals surface area contributed by atoms with Gasteiger partial charge in [0.15, 0.2) is 0 Å². The van der Waals surface area contributed by atoms with Crippen molar-refractivity contribution in [3.63, 3.8) is 0 Å². The topological polar surface area (TPSA) is 69.7 Å². The molecule has 2 fully saturated rings. The molecule has 1 amide bonds. The number of hydrogen-bond donors (Lipinski definition) is 1. The first-order chi connectivity index (χ1) is 12.3. The van der Waals surface area contributed by atoms with Crippen molar-refractivity contribution >= 4 is 33.2 Å². The van der Waals surface area contributed by atoms with Crippen LogP contribution in [-0.4, -0.2) is 61.5 Å². The monoisotopic (exact) mass is 399 g/mol. The number of benzene rings is 1. The molecule has 1 aromatic carbocycles. The second-order valence-corrected chi connectivity index (χ2v) is 9.75. The van der Waals surface area contributed by atoms with Gasteiger partial charge in [0.05, 0.1) is 23.0 Å². The Hall–Kier alpha value is -1.15. The molecule has 3 rings (SSSR count). The minimum Gasteiger partial charge on any atom is -0.323 e. The summed E-state index contributed by atoms with van der Waals surface area (Å²) in [6, 6.07) is 3.80. The molecule has 0 aromatic heterocycles. The molecule has 1 aromatic rings. The van der Waals surface area contributed by atoms with Crippen molar-refractivity contribution in [3.8, 4) is 0 Å². The van der Waals surface area contributed by atoms with Crippen LogP contribution in [0.5, 0.6) is 0 Å². The molecule has 2 aliphatic rings. The van der Waals surface area contributed by atoms with Crippen LogP contribution in [0.3, 0.4) is 0 Å². The lowest BCUT2D eigenvalue weighted by atomic mass is 10.1. The summed E-state index contributed by atoms with van der Waals surface area (Å²) in [5.41, 5.74) is 2.64. The van der Waals surface area contributed by atoms with Gasteiger partial charge < -0.3 is 5.32 Å². The molecule has 8 heteroatoms. The summed E-state index contributed by atoms with van der Waals surface area (Å²) >= 11 is 6.26. The molecule has 1 unspecified atom stereocenters. The van der Waals surface area contributed by atoms with Crippen molar-refractivity contribution in [2.24, 2.45) is 0 Å². The van der Waals surface area contributed by atoms with Gasteiger partial charge in [0.1, 0.15) is 0 Å². The summed E-state index contributed by atoms with van der Waals surface area (Å²) in [7, 11) is -3.11. The van der Waals surface area contributed by atoms with Crippen molar-refractivity contribution in [1.82, 2.24) is 9.21 Å². The maximum absolute atomic E-state index is 12.5. The zero-order valence-electron chi connectivity index (χ0n) is 15.3. The number of hydrogen-bond acceptors (Lipinski definition) is 4. The molecule has 26 heavy (non-hydrogen) atoms. The maximum Gasteiger partial charge on any atom is 0.238 e. The largest absolute Gasteiger partial charge is 0.323 e. The number of amides is 1. The van der Waals surface area contributed by atoms with E-state index in [1.165, 1.54) is 0 Å². The summed E-state index contributed by atoms with van der Waals surface area (Å²) in [4.78, 5) is 14.5. The van der Waals surface area contributed by atoms with Crippen LogP contribution in [0.1, 0.15) is 30.4 Å². The van der Waals surface area contributed by atoms with Gasteiger partial charge in [0, 0.05) is 19.1 Å². The second-order valence-electron chi connectivity index (χ2n) is 7.30. The summed E-state index contributed by atoms with van der Waals surface area (Å²) in [5.74, 6) is 0.124. The average Bonchev–Trinajstić information content (AvgIpc) is 2.90. The van der Waals surface area contributed by atoms with E-state index in [1.54, 1.807) is 4.31 Å². The number of likely N-dealkylation sites (tertiary alicyclic amines) is 1. The van der Waals surface area contributed by atoms with Gasteiger partial charge in [-0.05, 0) is 56.8 Å². The molecule has 1 N–H and O–H groups in total. The molecule has 0 bridgehead atoms. The Morgan fingerprint density at radius 1 is 1.27 bits per heavy atom. The number of anilines is 1. The van der Waals surface area contributed by atoms with Crippen LogP contribution >= 0.6 is 11.6 Å². The number of carbonyl (C=O) groups is 1. The lowest BCUT2D eigenvalue weighted by Crippen LogP contribution is -2.50. The number of carbonyl (C=O) groups excluding carboxylic acids is 1. The number of sulfonamides is 1. The third-order valence-corrected chi connectivity index (χ3v) is 7.39. The Kier molecular flexibility index (Phi) is 5.91. The second kappa shape index (κ2) is 7.84. The standard InChI is InChI=1S/C18H26ClN3O3S/c1-13-9-14(2)18(16(19)10-13)20-17(23)12-21-6-3-5-15(11-21)22-7-4-8-26(22,24)25/h9-10,15H,3-8,11-12H2,1-2H3,(H,20,23). The maximum atomic E-state index is 12.5. The van der Waals surface area contributed by atoms with Gasteiger partial charge in [-0.25, -0.2) is 8.42 Å². The number of halogens is 1. The number of aryl methyl sites for hydroxylation is 2. The van der Waals surface area contributed by atoms with Gasteiger partial charge >= 0.3 is 0 Å². The van der Waals surface area contributed by atoms with Crippen molar-refractivity contribution in [2.75, 3.05) is 37.2 Å². The smallest absolute Gasteiger partial charge is 0.238 e. The fraction of sp³-hybridized carbons (Fsp3) is 0.611. The van der Waals surface area contributed by atoms with E-state index in [1.807, 2.05) is 30.9 Å². The fourth-order valence-corrected chi connectivity index (χ4v) is 6.07. The molecular weight excluding hydrogens is 374 g/mol. The molecule has 0 spiro atoms. The molecule has 0 aliphatic carbocycles. The lowest BCUT2D eigenvalue weighted by Gasteiger charge is -2.36. The fourth-order valence-electron chi connectivity index (χ4n) is 3.93. The van der Waals surface area contributed by atoms with E-state index < -0.39 is 10.0 Å². The van der Waals surface area contributed by atoms with Crippen LogP contribution in [-0.2, 0) is 14.8 Å². The van der Waals surface area contributed by atoms with E-state index in [9.17, 15) is 13.2 Å². The van der Waals surface area contributed by atoms with E-state index >= 15 is 0 Å². The first-order valence-electron chi connectivity index (χ1n) is 9.05. The summed E-state index contributed by atoms with van der Waals surface area (Å²) in [6.45, 7) is 6.14. The Morgan fingerprint density at radius 2 is 2.04 bits per heavy atom. The van der Waals surface area contributed by atoms with Crippen LogP contribution in [0.15, 0.2) is 12.1 Å². The van der Waals surface area contributed by atoms with E-state index in [-0.39, 0.29) is 24.2 Å². The van der Waals surface area contributed by atoms with Crippen molar-refractivity contribution in [1.29, 1.82) is 0 Å². The van der Waals surface area contributed by atoms with Gasteiger partial charge in [-0.15, -0.1) is 0 Å². The first kappa shape index (κ1) is 19.6. The van der Waals surface area contributed by atoms with Crippen LogP contribution in [0.4, 0.5) is 5.69 Å². The SMILES string of the molecule is Cc1cc(C)c(NC(=O)CN2CCCC(N3CCCS3(=O)=O)C2)c(Cl)c1. The Balaban J connectivity index is 1.61. The zero-order valence-corrected chi connectivity index (χ0v) is 16.9. The summed E-state index contributed by atoms with van der Waals surface area (Å²) in [5, 5.41) is 3.45. The first-order valence-corrected chi connectivity index (χ1v) is 11.0.